The van der Waals surface area contributed by atoms with Gasteiger partial charge in [-0.25, -0.2) is 17.8 Å². The molecule has 0 spiro atoms. The number of hydrogen-bond donors (Lipinski definition) is 1. The Labute approximate surface area is 153 Å². The van der Waals surface area contributed by atoms with E-state index in [-0.39, 0.29) is 5.82 Å². The Morgan fingerprint density at radius 1 is 1.12 bits per heavy atom. The molecule has 0 aliphatic carbocycles. The molecular weight excluding hydrogens is 355 g/mol. The van der Waals surface area contributed by atoms with E-state index in [2.05, 4.69) is 4.72 Å². The summed E-state index contributed by atoms with van der Waals surface area (Å²) in [7, 11) is -3.39. The SMILES string of the molecule is CCC1(CC)N=C(c2ccc(F)cc2)c2ccc(NS(C)(=O)=O)cc2O1. The Hall–Kier alpha value is -2.41. The second kappa shape index (κ2) is 6.72. The zero-order chi connectivity index (χ0) is 18.9. The molecule has 26 heavy (non-hydrogen) atoms. The smallest absolute Gasteiger partial charge is 0.229 e. The number of ether oxygens (including phenoxy) is 1. The van der Waals surface area contributed by atoms with E-state index in [1.807, 2.05) is 13.8 Å². The van der Waals surface area contributed by atoms with E-state index in [1.54, 1.807) is 30.3 Å². The van der Waals surface area contributed by atoms with E-state index in [1.165, 1.54) is 12.1 Å². The standard InChI is InChI=1S/C19H21FN2O3S/c1-4-19(5-2)21-18(13-6-8-14(20)9-7-13)16-11-10-15(12-17(16)25-19)22-26(3,23)24/h6-12,22H,4-5H2,1-3H3. The van der Waals surface area contributed by atoms with Crippen LogP contribution in [0, 0.1) is 5.82 Å². The summed E-state index contributed by atoms with van der Waals surface area (Å²) >= 11 is 0. The number of anilines is 1. The molecule has 1 aliphatic heterocycles. The fourth-order valence-corrected chi connectivity index (χ4v) is 3.51. The topological polar surface area (TPSA) is 67.8 Å². The predicted octanol–water partition coefficient (Wildman–Crippen LogP) is 3.94. The Morgan fingerprint density at radius 2 is 1.77 bits per heavy atom. The van der Waals surface area contributed by atoms with Crippen molar-refractivity contribution in [3.8, 4) is 5.75 Å². The van der Waals surface area contributed by atoms with E-state index in [0.29, 0.717) is 30.0 Å². The number of benzene rings is 2. The molecule has 0 aromatic heterocycles. The average Bonchev–Trinajstić information content (AvgIpc) is 2.60. The third kappa shape index (κ3) is 3.72. The Balaban J connectivity index is 2.14. The normalized spacial score (nSPS) is 15.6. The number of nitrogens with zero attached hydrogens (tertiary/aromatic N) is 1. The first-order valence-electron chi connectivity index (χ1n) is 8.42. The maximum absolute atomic E-state index is 13.3. The van der Waals surface area contributed by atoms with Crippen LogP contribution >= 0.6 is 0 Å². The van der Waals surface area contributed by atoms with Gasteiger partial charge in [0, 0.05) is 30.0 Å². The van der Waals surface area contributed by atoms with Crippen molar-refractivity contribution in [2.24, 2.45) is 4.99 Å². The lowest BCUT2D eigenvalue weighted by molar-refractivity contribution is 0.0660. The molecule has 5 nitrogen and oxygen atoms in total. The van der Waals surface area contributed by atoms with Crippen LogP contribution in [0.4, 0.5) is 10.1 Å². The Bertz CT molecular complexity index is 949. The van der Waals surface area contributed by atoms with Crippen molar-refractivity contribution in [3.05, 3.63) is 59.4 Å². The van der Waals surface area contributed by atoms with Gasteiger partial charge in [0.15, 0.2) is 5.72 Å². The van der Waals surface area contributed by atoms with Crippen LogP contribution in [0.3, 0.4) is 0 Å². The highest BCUT2D eigenvalue weighted by molar-refractivity contribution is 7.92. The summed E-state index contributed by atoms with van der Waals surface area (Å²) in [5.74, 6) is 0.239. The highest BCUT2D eigenvalue weighted by atomic mass is 32.2. The van der Waals surface area contributed by atoms with Crippen LogP contribution in [-0.4, -0.2) is 26.1 Å². The van der Waals surface area contributed by atoms with Gasteiger partial charge in [-0.05, 0) is 36.4 Å². The molecule has 0 bridgehead atoms. The van der Waals surface area contributed by atoms with Crippen molar-refractivity contribution in [2.45, 2.75) is 32.4 Å². The number of halogens is 1. The van der Waals surface area contributed by atoms with E-state index in [9.17, 15) is 12.8 Å². The summed E-state index contributed by atoms with van der Waals surface area (Å²) < 4.78 is 45.0. The minimum Gasteiger partial charge on any atom is -0.465 e. The molecule has 0 amide bonds. The molecule has 0 unspecified atom stereocenters. The molecule has 1 N–H and O–H groups in total. The van der Waals surface area contributed by atoms with Crippen molar-refractivity contribution in [2.75, 3.05) is 11.0 Å². The van der Waals surface area contributed by atoms with Gasteiger partial charge in [0.25, 0.3) is 0 Å². The van der Waals surface area contributed by atoms with Gasteiger partial charge >= 0.3 is 0 Å². The van der Waals surface area contributed by atoms with Gasteiger partial charge in [0.1, 0.15) is 11.6 Å². The van der Waals surface area contributed by atoms with Crippen molar-refractivity contribution < 1.29 is 17.5 Å². The molecule has 7 heteroatoms. The summed E-state index contributed by atoms with van der Waals surface area (Å²) in [5.41, 5.74) is 1.92. The molecule has 1 aliphatic rings. The van der Waals surface area contributed by atoms with Gasteiger partial charge in [-0.3, -0.25) is 4.72 Å². The summed E-state index contributed by atoms with van der Waals surface area (Å²) in [5, 5.41) is 0. The number of hydrogen-bond acceptors (Lipinski definition) is 4. The third-order valence-corrected chi connectivity index (χ3v) is 4.98. The van der Waals surface area contributed by atoms with Gasteiger partial charge in [-0.1, -0.05) is 13.8 Å². The van der Waals surface area contributed by atoms with E-state index >= 15 is 0 Å². The number of sulfonamides is 1. The number of rotatable bonds is 5. The molecule has 0 radical (unpaired) electrons. The number of nitrogens with one attached hydrogen (secondary N) is 1. The molecule has 138 valence electrons. The van der Waals surface area contributed by atoms with Crippen molar-refractivity contribution >= 4 is 21.4 Å². The lowest BCUT2D eigenvalue weighted by atomic mass is 9.96. The second-order valence-electron chi connectivity index (χ2n) is 6.31. The van der Waals surface area contributed by atoms with Crippen molar-refractivity contribution in [3.63, 3.8) is 0 Å². The lowest BCUT2D eigenvalue weighted by Gasteiger charge is -2.35. The Morgan fingerprint density at radius 3 is 2.35 bits per heavy atom. The molecule has 3 rings (SSSR count). The predicted molar refractivity (Wildman–Crippen MR) is 101 cm³/mol. The van der Waals surface area contributed by atoms with E-state index < -0.39 is 15.7 Å². The monoisotopic (exact) mass is 376 g/mol. The van der Waals surface area contributed by atoms with Crippen LogP contribution in [0.15, 0.2) is 47.5 Å². The average molecular weight is 376 g/mol. The van der Waals surface area contributed by atoms with Gasteiger partial charge in [-0.15, -0.1) is 0 Å². The highest BCUT2D eigenvalue weighted by Gasteiger charge is 2.34. The first kappa shape index (κ1) is 18.4. The number of fused-ring (bicyclic) bond motifs is 1. The molecule has 0 atom stereocenters. The minimum atomic E-state index is -3.39. The zero-order valence-electron chi connectivity index (χ0n) is 14.9. The van der Waals surface area contributed by atoms with Gasteiger partial charge in [-0.2, -0.15) is 0 Å². The molecule has 2 aromatic carbocycles. The summed E-state index contributed by atoms with van der Waals surface area (Å²) in [6.45, 7) is 3.97. The highest BCUT2D eigenvalue weighted by Crippen LogP contribution is 2.37. The molecule has 0 fully saturated rings. The quantitative estimate of drug-likeness (QED) is 0.859. The molecule has 2 aromatic rings. The van der Waals surface area contributed by atoms with Gasteiger partial charge in [0.2, 0.25) is 10.0 Å². The van der Waals surface area contributed by atoms with Crippen molar-refractivity contribution in [1.82, 2.24) is 0 Å². The fourth-order valence-electron chi connectivity index (χ4n) is 2.95. The zero-order valence-corrected chi connectivity index (χ0v) is 15.7. The summed E-state index contributed by atoms with van der Waals surface area (Å²) in [4.78, 5) is 4.83. The second-order valence-corrected chi connectivity index (χ2v) is 8.06. The first-order valence-corrected chi connectivity index (χ1v) is 10.3. The van der Waals surface area contributed by atoms with Crippen LogP contribution in [-0.2, 0) is 10.0 Å². The summed E-state index contributed by atoms with van der Waals surface area (Å²) in [6.07, 6.45) is 2.40. The van der Waals surface area contributed by atoms with Crippen LogP contribution in [0.1, 0.15) is 37.8 Å². The minimum absolute atomic E-state index is 0.313. The van der Waals surface area contributed by atoms with Gasteiger partial charge in [0.05, 0.1) is 17.7 Å². The fraction of sp³-hybridized carbons (Fsp3) is 0.316. The van der Waals surface area contributed by atoms with Crippen molar-refractivity contribution in [1.29, 1.82) is 0 Å². The molecule has 1 heterocycles. The largest absolute Gasteiger partial charge is 0.465 e. The molecule has 0 saturated heterocycles. The van der Waals surface area contributed by atoms with Crippen LogP contribution in [0.5, 0.6) is 5.75 Å². The van der Waals surface area contributed by atoms with Gasteiger partial charge < -0.3 is 4.74 Å². The number of aliphatic imine (C=N–C) groups is 1. The van der Waals surface area contributed by atoms with E-state index in [0.717, 1.165) is 17.4 Å². The van der Waals surface area contributed by atoms with Crippen LogP contribution in [0.2, 0.25) is 0 Å². The maximum atomic E-state index is 13.3. The van der Waals surface area contributed by atoms with E-state index in [4.69, 9.17) is 9.73 Å². The van der Waals surface area contributed by atoms with Crippen LogP contribution in [0.25, 0.3) is 0 Å². The third-order valence-electron chi connectivity index (χ3n) is 4.38. The van der Waals surface area contributed by atoms with Crippen LogP contribution < -0.4 is 9.46 Å². The lowest BCUT2D eigenvalue weighted by Crippen LogP contribution is -2.37. The maximum Gasteiger partial charge on any atom is 0.229 e. The molecular formula is C19H21FN2O3S. The summed E-state index contributed by atoms with van der Waals surface area (Å²) in [6, 6.07) is 11.2. The first-order chi connectivity index (χ1) is 12.3. The molecule has 0 saturated carbocycles. The Kier molecular flexibility index (Phi) is 4.75.